The van der Waals surface area contributed by atoms with Gasteiger partial charge in [0, 0.05) is 30.1 Å². The fraction of sp³-hybridized carbons (Fsp3) is 0.304. The fourth-order valence-corrected chi connectivity index (χ4v) is 3.66. The van der Waals surface area contributed by atoms with Gasteiger partial charge in [0.1, 0.15) is 6.54 Å². The van der Waals surface area contributed by atoms with Gasteiger partial charge in [-0.05, 0) is 36.6 Å². The lowest BCUT2D eigenvalue weighted by molar-refractivity contribution is -0.116. The van der Waals surface area contributed by atoms with Gasteiger partial charge in [0.15, 0.2) is 5.65 Å². The molecule has 0 aliphatic carbocycles. The van der Waals surface area contributed by atoms with E-state index in [0.717, 1.165) is 0 Å². The SMILES string of the molecule is Cc1nn(CC(=O)Nc2ccc(C(C)C)cc2)c2nc(-c3cnn(C)c3)cc(C(F)F)c12. The summed E-state index contributed by atoms with van der Waals surface area (Å²) in [5.41, 5.74) is 3.26. The van der Waals surface area contributed by atoms with Gasteiger partial charge in [0.25, 0.3) is 6.43 Å². The summed E-state index contributed by atoms with van der Waals surface area (Å²) in [6.45, 7) is 5.68. The summed E-state index contributed by atoms with van der Waals surface area (Å²) in [5, 5.41) is 11.5. The number of pyridine rings is 1. The molecule has 0 saturated carbocycles. The molecule has 0 aliphatic heterocycles. The fourth-order valence-electron chi connectivity index (χ4n) is 3.66. The molecule has 0 unspecified atom stereocenters. The predicted molar refractivity (Wildman–Crippen MR) is 119 cm³/mol. The summed E-state index contributed by atoms with van der Waals surface area (Å²) in [6, 6.07) is 8.97. The van der Waals surface area contributed by atoms with Crippen LogP contribution in [0.5, 0.6) is 0 Å². The van der Waals surface area contributed by atoms with Gasteiger partial charge in [-0.1, -0.05) is 26.0 Å². The van der Waals surface area contributed by atoms with E-state index in [9.17, 15) is 13.6 Å². The predicted octanol–water partition coefficient (Wildman–Crippen LogP) is 4.84. The highest BCUT2D eigenvalue weighted by atomic mass is 19.3. The Bertz CT molecular complexity index is 1270. The number of carbonyl (C=O) groups is 1. The maximum atomic E-state index is 13.9. The molecule has 0 atom stereocenters. The van der Waals surface area contributed by atoms with Crippen molar-refractivity contribution in [3.63, 3.8) is 0 Å². The summed E-state index contributed by atoms with van der Waals surface area (Å²) < 4.78 is 30.7. The first-order chi connectivity index (χ1) is 15.2. The van der Waals surface area contributed by atoms with Gasteiger partial charge in [-0.2, -0.15) is 10.2 Å². The number of nitrogens with one attached hydrogen (secondary N) is 1. The molecule has 1 N–H and O–H groups in total. The molecule has 1 aromatic carbocycles. The largest absolute Gasteiger partial charge is 0.324 e. The molecule has 0 bridgehead atoms. The number of hydrogen-bond acceptors (Lipinski definition) is 4. The van der Waals surface area contributed by atoms with Crippen LogP contribution in [0.1, 0.15) is 43.0 Å². The molecule has 0 spiro atoms. The zero-order valence-electron chi connectivity index (χ0n) is 18.3. The summed E-state index contributed by atoms with van der Waals surface area (Å²) in [5.74, 6) is 0.0705. The van der Waals surface area contributed by atoms with Gasteiger partial charge >= 0.3 is 0 Å². The third kappa shape index (κ3) is 4.23. The minimum atomic E-state index is -2.71. The van der Waals surface area contributed by atoms with E-state index >= 15 is 0 Å². The van der Waals surface area contributed by atoms with Crippen molar-refractivity contribution in [1.82, 2.24) is 24.5 Å². The van der Waals surface area contributed by atoms with E-state index in [1.807, 2.05) is 24.3 Å². The van der Waals surface area contributed by atoms with Crippen LogP contribution in [0.25, 0.3) is 22.3 Å². The molecule has 1 amide bonds. The molecule has 4 aromatic rings. The van der Waals surface area contributed by atoms with Gasteiger partial charge in [0.2, 0.25) is 5.91 Å². The third-order valence-electron chi connectivity index (χ3n) is 5.30. The van der Waals surface area contributed by atoms with Gasteiger partial charge in [0.05, 0.1) is 23.0 Å². The Balaban J connectivity index is 1.67. The number of rotatable bonds is 6. The van der Waals surface area contributed by atoms with Crippen LogP contribution in [0, 0.1) is 6.92 Å². The van der Waals surface area contributed by atoms with Crippen molar-refractivity contribution in [1.29, 1.82) is 0 Å². The topological polar surface area (TPSA) is 77.6 Å². The van der Waals surface area contributed by atoms with E-state index in [0.29, 0.717) is 28.6 Å². The van der Waals surface area contributed by atoms with Crippen LogP contribution in [0.15, 0.2) is 42.7 Å². The minimum absolute atomic E-state index is 0.150. The van der Waals surface area contributed by atoms with Gasteiger partial charge < -0.3 is 5.32 Å². The zero-order valence-corrected chi connectivity index (χ0v) is 18.3. The van der Waals surface area contributed by atoms with E-state index in [2.05, 4.69) is 34.3 Å². The van der Waals surface area contributed by atoms with E-state index in [1.54, 1.807) is 31.0 Å². The molecule has 0 radical (unpaired) electrons. The van der Waals surface area contributed by atoms with E-state index in [-0.39, 0.29) is 29.0 Å². The molecule has 3 heterocycles. The normalized spacial score (nSPS) is 11.6. The maximum absolute atomic E-state index is 13.9. The van der Waals surface area contributed by atoms with Crippen LogP contribution in [-0.2, 0) is 18.4 Å². The Kier molecular flexibility index (Phi) is 5.73. The number of hydrogen-bond donors (Lipinski definition) is 1. The number of aryl methyl sites for hydroxylation is 2. The smallest absolute Gasteiger partial charge is 0.264 e. The lowest BCUT2D eigenvalue weighted by Crippen LogP contribution is -2.20. The van der Waals surface area contributed by atoms with Crippen LogP contribution in [0.2, 0.25) is 0 Å². The number of amides is 1. The lowest BCUT2D eigenvalue weighted by atomic mass is 10.0. The molecule has 32 heavy (non-hydrogen) atoms. The van der Waals surface area contributed by atoms with E-state index in [4.69, 9.17) is 0 Å². The van der Waals surface area contributed by atoms with Crippen LogP contribution in [0.4, 0.5) is 14.5 Å². The van der Waals surface area contributed by atoms with Crippen molar-refractivity contribution < 1.29 is 13.6 Å². The number of nitrogens with zero attached hydrogens (tertiary/aromatic N) is 5. The van der Waals surface area contributed by atoms with Crippen LogP contribution in [0.3, 0.4) is 0 Å². The first kappa shape index (κ1) is 21.6. The van der Waals surface area contributed by atoms with Gasteiger partial charge in [-0.3, -0.25) is 9.48 Å². The van der Waals surface area contributed by atoms with Crippen molar-refractivity contribution in [2.75, 3.05) is 5.32 Å². The highest BCUT2D eigenvalue weighted by Gasteiger charge is 2.22. The second-order valence-electron chi connectivity index (χ2n) is 8.07. The molecule has 166 valence electrons. The lowest BCUT2D eigenvalue weighted by Gasteiger charge is -2.10. The Morgan fingerprint density at radius 1 is 1.19 bits per heavy atom. The molecule has 7 nitrogen and oxygen atoms in total. The number of alkyl halides is 2. The number of benzene rings is 1. The molecule has 0 saturated heterocycles. The maximum Gasteiger partial charge on any atom is 0.264 e. The average molecular weight is 438 g/mol. The summed E-state index contributed by atoms with van der Waals surface area (Å²) in [7, 11) is 1.74. The second kappa shape index (κ2) is 8.49. The quantitative estimate of drug-likeness (QED) is 0.467. The Hall–Kier alpha value is -3.62. The molecule has 3 aromatic heterocycles. The van der Waals surface area contributed by atoms with Crippen LogP contribution in [-0.4, -0.2) is 30.5 Å². The molecule has 0 aliphatic rings. The molecule has 4 rings (SSSR count). The highest BCUT2D eigenvalue weighted by Crippen LogP contribution is 2.33. The van der Waals surface area contributed by atoms with Crippen molar-refractivity contribution >= 4 is 22.6 Å². The summed E-state index contributed by atoms with van der Waals surface area (Å²) >= 11 is 0. The highest BCUT2D eigenvalue weighted by molar-refractivity contribution is 5.92. The Morgan fingerprint density at radius 3 is 2.50 bits per heavy atom. The third-order valence-corrected chi connectivity index (χ3v) is 5.30. The van der Waals surface area contributed by atoms with Crippen molar-refractivity contribution in [2.45, 2.75) is 39.7 Å². The first-order valence-corrected chi connectivity index (χ1v) is 10.3. The number of carbonyl (C=O) groups excluding carboxylic acids is 1. The van der Waals surface area contributed by atoms with Crippen molar-refractivity contribution in [3.8, 4) is 11.3 Å². The van der Waals surface area contributed by atoms with Crippen LogP contribution >= 0.6 is 0 Å². The molecule has 0 fully saturated rings. The van der Waals surface area contributed by atoms with E-state index in [1.165, 1.54) is 16.3 Å². The summed E-state index contributed by atoms with van der Waals surface area (Å²) in [4.78, 5) is 17.2. The number of anilines is 1. The number of fused-ring (bicyclic) bond motifs is 1. The Labute approximate surface area is 184 Å². The standard InChI is InChI=1S/C23H24F2N6O/c1-13(2)15-5-7-17(8-6-15)27-20(32)12-31-23-21(14(3)29-31)18(22(24)25)9-19(28-23)16-10-26-30(4)11-16/h5-11,13,22H,12H2,1-4H3,(H,27,32). The molecule has 9 heteroatoms. The Morgan fingerprint density at radius 2 is 1.91 bits per heavy atom. The average Bonchev–Trinajstić information content (AvgIpc) is 3.31. The van der Waals surface area contributed by atoms with Gasteiger partial charge in [-0.25, -0.2) is 18.4 Å². The number of aromatic nitrogens is 5. The first-order valence-electron chi connectivity index (χ1n) is 10.3. The van der Waals surface area contributed by atoms with Crippen LogP contribution < -0.4 is 5.32 Å². The van der Waals surface area contributed by atoms with Gasteiger partial charge in [-0.15, -0.1) is 0 Å². The van der Waals surface area contributed by atoms with E-state index < -0.39 is 6.43 Å². The second-order valence-corrected chi connectivity index (χ2v) is 8.07. The minimum Gasteiger partial charge on any atom is -0.324 e. The zero-order chi connectivity index (χ0) is 23.0. The van der Waals surface area contributed by atoms with Crippen molar-refractivity contribution in [2.24, 2.45) is 7.05 Å². The molecular weight excluding hydrogens is 414 g/mol. The monoisotopic (exact) mass is 438 g/mol. The number of halogens is 2. The summed E-state index contributed by atoms with van der Waals surface area (Å²) in [6.07, 6.45) is 0.551. The van der Waals surface area contributed by atoms with Crippen molar-refractivity contribution in [3.05, 3.63) is 59.5 Å². The molecular formula is C23H24F2N6O.